The molecule has 0 bridgehead atoms. The van der Waals surface area contributed by atoms with Crippen molar-refractivity contribution in [1.29, 1.82) is 0 Å². The predicted molar refractivity (Wildman–Crippen MR) is 103 cm³/mol. The van der Waals surface area contributed by atoms with Gasteiger partial charge in [-0.2, -0.15) is 0 Å². The molecule has 9 heteroatoms. The number of hydrogen-bond donors (Lipinski definition) is 1. The Morgan fingerprint density at radius 1 is 1.19 bits per heavy atom. The first-order valence-electron chi connectivity index (χ1n) is 8.24. The van der Waals surface area contributed by atoms with Crippen LogP contribution in [0.2, 0.25) is 15.1 Å². The fraction of sp³-hybridized carbons (Fsp3) is 0.500. The molecular weight excluding hydrogens is 419 g/mol. The monoisotopic (exact) mass is 438 g/mol. The van der Waals surface area contributed by atoms with Gasteiger partial charge in [0.1, 0.15) is 5.56 Å². The van der Waals surface area contributed by atoms with Gasteiger partial charge in [0.2, 0.25) is 0 Å². The van der Waals surface area contributed by atoms with E-state index in [-0.39, 0.29) is 27.1 Å². The molecule has 0 radical (unpaired) electrons. The van der Waals surface area contributed by atoms with Crippen LogP contribution in [0.3, 0.4) is 0 Å². The summed E-state index contributed by atoms with van der Waals surface area (Å²) >= 11 is 17.9. The number of carbonyl (C=O) groups excluding carboxylic acids is 2. The number of aliphatic carboxylic acids is 1. The van der Waals surface area contributed by atoms with Crippen molar-refractivity contribution in [2.24, 2.45) is 11.3 Å². The van der Waals surface area contributed by atoms with E-state index in [1.807, 2.05) is 0 Å². The lowest BCUT2D eigenvalue weighted by molar-refractivity contribution is -0.158. The Bertz CT molecular complexity index is 747. The lowest BCUT2D eigenvalue weighted by atomic mass is 9.74. The van der Waals surface area contributed by atoms with Crippen LogP contribution in [0.25, 0.3) is 0 Å². The highest BCUT2D eigenvalue weighted by atomic mass is 35.5. The molecule has 0 heterocycles. The summed E-state index contributed by atoms with van der Waals surface area (Å²) in [5.74, 6) is -4.53. The summed E-state index contributed by atoms with van der Waals surface area (Å²) < 4.78 is 9.96. The van der Waals surface area contributed by atoms with E-state index in [1.165, 1.54) is 0 Å². The normalized spacial score (nSPS) is 13.2. The Morgan fingerprint density at radius 2 is 1.78 bits per heavy atom. The minimum Gasteiger partial charge on any atom is -0.473 e. The number of hydrogen-bond acceptors (Lipinski definition) is 5. The molecule has 0 spiro atoms. The minimum atomic E-state index is -1.85. The quantitative estimate of drug-likeness (QED) is 0.270. The second kappa shape index (κ2) is 9.62. The molecule has 0 aliphatic carbocycles. The molecule has 6 nitrogen and oxygen atoms in total. The van der Waals surface area contributed by atoms with Gasteiger partial charge in [0.05, 0.1) is 21.7 Å². The highest BCUT2D eigenvalue weighted by molar-refractivity contribution is 6.46. The molecule has 1 aromatic carbocycles. The van der Waals surface area contributed by atoms with E-state index in [0.29, 0.717) is 12.3 Å². The third-order valence-corrected chi connectivity index (χ3v) is 5.88. The zero-order valence-electron chi connectivity index (χ0n) is 15.4. The van der Waals surface area contributed by atoms with Crippen molar-refractivity contribution in [3.05, 3.63) is 26.7 Å². The van der Waals surface area contributed by atoms with Crippen LogP contribution in [0.5, 0.6) is 5.75 Å². The van der Waals surface area contributed by atoms with E-state index in [9.17, 15) is 14.4 Å². The molecule has 1 aromatic rings. The molecule has 1 atom stereocenters. The van der Waals surface area contributed by atoms with Gasteiger partial charge in [0.15, 0.2) is 5.75 Å². The van der Waals surface area contributed by atoms with Gasteiger partial charge in [-0.1, -0.05) is 68.9 Å². The molecular formula is C18H21Cl3O6. The summed E-state index contributed by atoms with van der Waals surface area (Å²) in [6.45, 7) is 8.41. The highest BCUT2D eigenvalue weighted by Crippen LogP contribution is 2.40. The zero-order chi connectivity index (χ0) is 20.9. The van der Waals surface area contributed by atoms with Crippen LogP contribution in [0, 0.1) is 11.3 Å². The number of carbonyl (C=O) groups is 3. The van der Waals surface area contributed by atoms with E-state index in [2.05, 4.69) is 32.4 Å². The Labute approximate surface area is 172 Å². The number of benzene rings is 1. The first-order chi connectivity index (χ1) is 12.4. The van der Waals surface area contributed by atoms with E-state index in [4.69, 9.17) is 44.6 Å². The first kappa shape index (κ1) is 23.5. The topological polar surface area (TPSA) is 89.9 Å². The minimum absolute atomic E-state index is 0.0331. The number of halogens is 3. The molecule has 1 unspecified atom stereocenters. The SMILES string of the molecule is CCC(C)(CCOC(=O)c1c(Cl)c(Cl)cc(Cl)c1OC(=O)C(=O)O)C(C)C. The van der Waals surface area contributed by atoms with Crippen molar-refractivity contribution in [2.75, 3.05) is 6.61 Å². The molecule has 0 aliphatic heterocycles. The Kier molecular flexibility index (Phi) is 8.39. The molecule has 27 heavy (non-hydrogen) atoms. The maximum atomic E-state index is 12.5. The van der Waals surface area contributed by atoms with Crippen LogP contribution >= 0.6 is 34.8 Å². The number of ether oxygens (including phenoxy) is 2. The molecule has 1 rings (SSSR count). The summed E-state index contributed by atoms with van der Waals surface area (Å²) in [6.07, 6.45) is 1.50. The van der Waals surface area contributed by atoms with Crippen molar-refractivity contribution < 1.29 is 29.0 Å². The molecule has 1 N–H and O–H groups in total. The summed E-state index contributed by atoms with van der Waals surface area (Å²) in [7, 11) is 0. The third kappa shape index (κ3) is 5.74. The van der Waals surface area contributed by atoms with Crippen molar-refractivity contribution in [2.45, 2.75) is 40.5 Å². The first-order valence-corrected chi connectivity index (χ1v) is 9.37. The van der Waals surface area contributed by atoms with Gasteiger partial charge in [0.25, 0.3) is 0 Å². The van der Waals surface area contributed by atoms with Gasteiger partial charge in [0, 0.05) is 0 Å². The van der Waals surface area contributed by atoms with E-state index in [1.54, 1.807) is 0 Å². The number of rotatable bonds is 7. The Morgan fingerprint density at radius 3 is 2.26 bits per heavy atom. The third-order valence-electron chi connectivity index (χ3n) is 4.81. The number of carboxylic acid groups (broad SMARTS) is 1. The van der Waals surface area contributed by atoms with Crippen LogP contribution in [-0.4, -0.2) is 29.6 Å². The molecule has 0 aliphatic rings. The number of esters is 2. The molecule has 150 valence electrons. The lowest BCUT2D eigenvalue weighted by Crippen LogP contribution is -2.25. The molecule has 0 amide bonds. The summed E-state index contributed by atoms with van der Waals surface area (Å²) in [4.78, 5) is 34.6. The summed E-state index contributed by atoms with van der Waals surface area (Å²) in [5, 5.41) is 8.15. The average molecular weight is 440 g/mol. The van der Waals surface area contributed by atoms with Gasteiger partial charge in [-0.15, -0.1) is 0 Å². The fourth-order valence-corrected chi connectivity index (χ4v) is 3.04. The van der Waals surface area contributed by atoms with Crippen LogP contribution in [-0.2, 0) is 14.3 Å². The maximum absolute atomic E-state index is 12.5. The van der Waals surface area contributed by atoms with Gasteiger partial charge in [-0.3, -0.25) is 0 Å². The second-order valence-electron chi connectivity index (χ2n) is 6.60. The van der Waals surface area contributed by atoms with Crippen molar-refractivity contribution in [1.82, 2.24) is 0 Å². The highest BCUT2D eigenvalue weighted by Gasteiger charge is 2.30. The molecule has 0 saturated carbocycles. The predicted octanol–water partition coefficient (Wildman–Crippen LogP) is 5.26. The standard InChI is InChI=1S/C18H21Cl3O6/c1-5-18(4,9(2)3)6-7-26-16(24)12-13(21)10(19)8-11(20)14(12)27-17(25)15(22)23/h8-9H,5-7H2,1-4H3,(H,22,23). The summed E-state index contributed by atoms with van der Waals surface area (Å²) in [5.41, 5.74) is -0.430. The van der Waals surface area contributed by atoms with E-state index < -0.39 is 29.2 Å². The van der Waals surface area contributed by atoms with Crippen LogP contribution in [0.1, 0.15) is 50.9 Å². The van der Waals surface area contributed by atoms with Crippen molar-refractivity contribution in [3.63, 3.8) is 0 Å². The van der Waals surface area contributed by atoms with Gasteiger partial charge < -0.3 is 14.6 Å². The molecule has 0 saturated heterocycles. The van der Waals surface area contributed by atoms with E-state index in [0.717, 1.165) is 12.5 Å². The Hall–Kier alpha value is -1.50. The fourth-order valence-electron chi connectivity index (χ4n) is 2.32. The van der Waals surface area contributed by atoms with Crippen molar-refractivity contribution >= 4 is 52.7 Å². The van der Waals surface area contributed by atoms with Crippen molar-refractivity contribution in [3.8, 4) is 5.75 Å². The largest absolute Gasteiger partial charge is 0.473 e. The second-order valence-corrected chi connectivity index (χ2v) is 7.79. The number of carboxylic acids is 1. The van der Waals surface area contributed by atoms with E-state index >= 15 is 0 Å². The summed E-state index contributed by atoms with van der Waals surface area (Å²) in [6, 6.07) is 1.14. The maximum Gasteiger partial charge on any atom is 0.422 e. The van der Waals surface area contributed by atoms with Gasteiger partial charge in [-0.05, 0) is 23.8 Å². The zero-order valence-corrected chi connectivity index (χ0v) is 17.7. The van der Waals surface area contributed by atoms with Crippen LogP contribution in [0.4, 0.5) is 0 Å². The van der Waals surface area contributed by atoms with Gasteiger partial charge in [-0.25, -0.2) is 14.4 Å². The van der Waals surface area contributed by atoms with Crippen LogP contribution < -0.4 is 4.74 Å². The molecule has 0 aromatic heterocycles. The Balaban J connectivity index is 3.11. The average Bonchev–Trinajstić information content (AvgIpc) is 2.58. The van der Waals surface area contributed by atoms with Gasteiger partial charge >= 0.3 is 17.9 Å². The molecule has 0 fully saturated rings. The van der Waals surface area contributed by atoms with Crippen LogP contribution in [0.15, 0.2) is 6.07 Å². The lowest BCUT2D eigenvalue weighted by Gasteiger charge is -2.32. The smallest absolute Gasteiger partial charge is 0.422 e.